The van der Waals surface area contributed by atoms with Gasteiger partial charge in [0.25, 0.3) is 5.60 Å². The molecule has 28 heavy (non-hydrogen) atoms. The SMILES string of the molecule is CCOC(=O)C(O)(c1ccc(NC(=O)Nc2cccc(Cl)c2)cc1)C(F)(F)F. The van der Waals surface area contributed by atoms with Gasteiger partial charge >= 0.3 is 18.2 Å². The normalized spacial score (nSPS) is 13.4. The fraction of sp³-hybridized carbons (Fsp3) is 0.222. The largest absolute Gasteiger partial charge is 0.463 e. The topological polar surface area (TPSA) is 87.7 Å². The summed E-state index contributed by atoms with van der Waals surface area (Å²) in [6.45, 7) is 0.987. The Balaban J connectivity index is 2.17. The Morgan fingerprint density at radius 3 is 2.21 bits per heavy atom. The molecule has 2 aromatic rings. The molecule has 0 aromatic heterocycles. The first kappa shape index (κ1) is 21.5. The van der Waals surface area contributed by atoms with E-state index in [0.29, 0.717) is 10.7 Å². The van der Waals surface area contributed by atoms with Gasteiger partial charge in [0.1, 0.15) is 0 Å². The highest BCUT2D eigenvalue weighted by atomic mass is 35.5. The van der Waals surface area contributed by atoms with Crippen LogP contribution in [0.4, 0.5) is 29.3 Å². The van der Waals surface area contributed by atoms with Gasteiger partial charge in [-0.2, -0.15) is 13.2 Å². The number of esters is 1. The Hall–Kier alpha value is -2.78. The number of nitrogens with one attached hydrogen (secondary N) is 2. The van der Waals surface area contributed by atoms with Gasteiger partial charge in [-0.15, -0.1) is 0 Å². The lowest BCUT2D eigenvalue weighted by atomic mass is 9.93. The zero-order valence-electron chi connectivity index (χ0n) is 14.5. The van der Waals surface area contributed by atoms with E-state index in [4.69, 9.17) is 11.6 Å². The van der Waals surface area contributed by atoms with Crippen LogP contribution in [0.15, 0.2) is 48.5 Å². The fourth-order valence-electron chi connectivity index (χ4n) is 2.29. The maximum atomic E-state index is 13.3. The van der Waals surface area contributed by atoms with Crippen molar-refractivity contribution in [1.82, 2.24) is 0 Å². The summed E-state index contributed by atoms with van der Waals surface area (Å²) >= 11 is 5.81. The third-order valence-corrected chi connectivity index (χ3v) is 3.86. The van der Waals surface area contributed by atoms with Crippen LogP contribution in [-0.2, 0) is 15.1 Å². The Labute approximate surface area is 163 Å². The van der Waals surface area contributed by atoms with E-state index in [1.54, 1.807) is 18.2 Å². The molecule has 1 unspecified atom stereocenters. The van der Waals surface area contributed by atoms with Crippen LogP contribution in [0.3, 0.4) is 0 Å². The summed E-state index contributed by atoms with van der Waals surface area (Å²) in [5, 5.41) is 15.3. The molecule has 0 aliphatic heterocycles. The van der Waals surface area contributed by atoms with Crippen molar-refractivity contribution in [3.05, 3.63) is 59.1 Å². The molecule has 0 spiro atoms. The van der Waals surface area contributed by atoms with Gasteiger partial charge < -0.3 is 20.5 Å². The first-order chi connectivity index (χ1) is 13.1. The van der Waals surface area contributed by atoms with Crippen molar-refractivity contribution in [2.45, 2.75) is 18.7 Å². The quantitative estimate of drug-likeness (QED) is 0.634. The van der Waals surface area contributed by atoms with Crippen LogP contribution >= 0.6 is 11.6 Å². The number of aliphatic hydroxyl groups is 1. The molecular formula is C18H16ClF3N2O4. The van der Waals surface area contributed by atoms with Gasteiger partial charge in [-0.1, -0.05) is 29.8 Å². The summed E-state index contributed by atoms with van der Waals surface area (Å²) in [6, 6.07) is 9.66. The van der Waals surface area contributed by atoms with Gasteiger partial charge in [0, 0.05) is 22.0 Å². The number of hydrogen-bond acceptors (Lipinski definition) is 4. The predicted molar refractivity (Wildman–Crippen MR) is 97.1 cm³/mol. The van der Waals surface area contributed by atoms with E-state index < -0.39 is 29.3 Å². The first-order valence-electron chi connectivity index (χ1n) is 7.98. The van der Waals surface area contributed by atoms with Crippen molar-refractivity contribution in [3.8, 4) is 0 Å². The van der Waals surface area contributed by atoms with Gasteiger partial charge in [-0.05, 0) is 37.3 Å². The van der Waals surface area contributed by atoms with Crippen molar-refractivity contribution < 1.29 is 32.6 Å². The molecule has 3 N–H and O–H groups in total. The smallest absolute Gasteiger partial charge is 0.432 e. The summed E-state index contributed by atoms with van der Waals surface area (Å²) in [4.78, 5) is 23.7. The minimum Gasteiger partial charge on any atom is -0.463 e. The van der Waals surface area contributed by atoms with E-state index in [0.717, 1.165) is 24.3 Å². The highest BCUT2D eigenvalue weighted by Gasteiger charge is 2.62. The number of carbonyl (C=O) groups is 2. The minimum atomic E-state index is -5.29. The van der Waals surface area contributed by atoms with E-state index in [1.807, 2.05) is 0 Å². The molecule has 2 aromatic carbocycles. The van der Waals surface area contributed by atoms with E-state index in [1.165, 1.54) is 13.0 Å². The minimum absolute atomic E-state index is 0.136. The molecule has 2 rings (SSSR count). The van der Waals surface area contributed by atoms with Crippen LogP contribution in [0.5, 0.6) is 0 Å². The predicted octanol–water partition coefficient (Wildman–Crippen LogP) is 4.30. The number of benzene rings is 2. The lowest BCUT2D eigenvalue weighted by molar-refractivity contribution is -0.267. The summed E-state index contributed by atoms with van der Waals surface area (Å²) in [7, 11) is 0. The lowest BCUT2D eigenvalue weighted by Crippen LogP contribution is -2.50. The average Bonchev–Trinajstić information content (AvgIpc) is 2.60. The van der Waals surface area contributed by atoms with Gasteiger partial charge in [-0.25, -0.2) is 9.59 Å². The average molecular weight is 417 g/mol. The number of alkyl halides is 3. The number of amides is 2. The van der Waals surface area contributed by atoms with Crippen molar-refractivity contribution in [2.75, 3.05) is 17.2 Å². The number of urea groups is 1. The molecule has 1 atom stereocenters. The molecule has 0 saturated carbocycles. The molecule has 150 valence electrons. The van der Waals surface area contributed by atoms with Crippen LogP contribution in [0.2, 0.25) is 5.02 Å². The Bertz CT molecular complexity index is 859. The lowest BCUT2D eigenvalue weighted by Gasteiger charge is -2.28. The van der Waals surface area contributed by atoms with Gasteiger partial charge in [0.15, 0.2) is 0 Å². The van der Waals surface area contributed by atoms with Crippen molar-refractivity contribution in [2.24, 2.45) is 0 Å². The first-order valence-corrected chi connectivity index (χ1v) is 8.36. The molecular weight excluding hydrogens is 401 g/mol. The highest BCUT2D eigenvalue weighted by molar-refractivity contribution is 6.30. The summed E-state index contributed by atoms with van der Waals surface area (Å²) in [6.07, 6.45) is -5.29. The number of carbonyl (C=O) groups excluding carboxylic acids is 2. The molecule has 0 saturated heterocycles. The molecule has 0 aliphatic rings. The maximum Gasteiger partial charge on any atom is 0.432 e. The van der Waals surface area contributed by atoms with Crippen molar-refractivity contribution in [1.29, 1.82) is 0 Å². The number of ether oxygens (including phenoxy) is 1. The van der Waals surface area contributed by atoms with Gasteiger partial charge in [-0.3, -0.25) is 0 Å². The van der Waals surface area contributed by atoms with E-state index in [-0.39, 0.29) is 12.3 Å². The van der Waals surface area contributed by atoms with Crippen LogP contribution in [-0.4, -0.2) is 29.9 Å². The molecule has 0 bridgehead atoms. The molecule has 10 heteroatoms. The second-order valence-electron chi connectivity index (χ2n) is 5.60. The fourth-order valence-corrected chi connectivity index (χ4v) is 2.48. The number of anilines is 2. The summed E-state index contributed by atoms with van der Waals surface area (Å²) in [5.74, 6) is -1.83. The Morgan fingerprint density at radius 2 is 1.68 bits per heavy atom. The second-order valence-corrected chi connectivity index (χ2v) is 6.03. The third kappa shape index (κ3) is 4.73. The maximum absolute atomic E-state index is 13.3. The zero-order valence-corrected chi connectivity index (χ0v) is 15.3. The van der Waals surface area contributed by atoms with Crippen LogP contribution < -0.4 is 10.6 Å². The summed E-state index contributed by atoms with van der Waals surface area (Å²) in [5.41, 5.74) is -4.00. The standard InChI is InChI=1S/C18H16ClF3N2O4/c1-2-28-15(25)17(27,18(20,21)22)11-6-8-13(9-7-11)23-16(26)24-14-5-3-4-12(19)10-14/h3-10,27H,2H2,1H3,(H2,23,24,26). The molecule has 0 radical (unpaired) electrons. The Kier molecular flexibility index (Phi) is 6.52. The summed E-state index contributed by atoms with van der Waals surface area (Å²) < 4.78 is 44.3. The number of rotatable bonds is 5. The van der Waals surface area contributed by atoms with E-state index in [2.05, 4.69) is 15.4 Å². The molecule has 2 amide bonds. The van der Waals surface area contributed by atoms with Gasteiger partial charge in [0.05, 0.1) is 6.61 Å². The molecule has 0 aliphatic carbocycles. The number of hydrogen-bond donors (Lipinski definition) is 3. The van der Waals surface area contributed by atoms with Crippen LogP contribution in [0.25, 0.3) is 0 Å². The van der Waals surface area contributed by atoms with Crippen LogP contribution in [0, 0.1) is 0 Å². The van der Waals surface area contributed by atoms with Crippen molar-refractivity contribution >= 4 is 35.0 Å². The second kappa shape index (κ2) is 8.49. The van der Waals surface area contributed by atoms with E-state index >= 15 is 0 Å². The third-order valence-electron chi connectivity index (χ3n) is 3.62. The van der Waals surface area contributed by atoms with Crippen LogP contribution in [0.1, 0.15) is 12.5 Å². The highest BCUT2D eigenvalue weighted by Crippen LogP contribution is 2.40. The molecule has 6 nitrogen and oxygen atoms in total. The zero-order chi connectivity index (χ0) is 20.9. The monoisotopic (exact) mass is 416 g/mol. The molecule has 0 heterocycles. The number of halogens is 4. The Morgan fingerprint density at radius 1 is 1.07 bits per heavy atom. The molecule has 0 fully saturated rings. The van der Waals surface area contributed by atoms with Gasteiger partial charge in [0.2, 0.25) is 0 Å². The van der Waals surface area contributed by atoms with E-state index in [9.17, 15) is 27.9 Å². The van der Waals surface area contributed by atoms with Crippen molar-refractivity contribution in [3.63, 3.8) is 0 Å².